The number of fused-ring (bicyclic) bond motifs is 1. The Morgan fingerprint density at radius 2 is 1.84 bits per heavy atom. The highest BCUT2D eigenvalue weighted by atomic mass is 32.2. The lowest BCUT2D eigenvalue weighted by molar-refractivity contribution is -0.125. The summed E-state index contributed by atoms with van der Waals surface area (Å²) in [6.45, 7) is 2.17. The Balaban J connectivity index is 1.68. The van der Waals surface area contributed by atoms with Crippen LogP contribution in [0.4, 0.5) is 4.79 Å². The third-order valence-electron chi connectivity index (χ3n) is 4.78. The lowest BCUT2D eigenvalue weighted by atomic mass is 9.98. The molecular formula is C20H18N2O2S. The van der Waals surface area contributed by atoms with Crippen LogP contribution in [0.3, 0.4) is 0 Å². The molecule has 0 aliphatic carbocycles. The van der Waals surface area contributed by atoms with Gasteiger partial charge in [-0.1, -0.05) is 43.3 Å². The highest BCUT2D eigenvalue weighted by molar-refractivity contribution is 8.14. The quantitative estimate of drug-likeness (QED) is 0.746. The first kappa shape index (κ1) is 16.0. The molecule has 1 saturated heterocycles. The van der Waals surface area contributed by atoms with E-state index in [-0.39, 0.29) is 17.1 Å². The Kier molecular flexibility index (Phi) is 3.88. The van der Waals surface area contributed by atoms with Crippen molar-refractivity contribution < 1.29 is 9.59 Å². The van der Waals surface area contributed by atoms with Gasteiger partial charge in [-0.05, 0) is 46.5 Å². The van der Waals surface area contributed by atoms with Gasteiger partial charge in [-0.15, -0.1) is 0 Å². The number of hydrogen-bond donors (Lipinski definition) is 1. The van der Waals surface area contributed by atoms with E-state index in [2.05, 4.69) is 30.1 Å². The van der Waals surface area contributed by atoms with Gasteiger partial charge in [0.1, 0.15) is 5.25 Å². The van der Waals surface area contributed by atoms with Crippen LogP contribution in [0.5, 0.6) is 0 Å². The van der Waals surface area contributed by atoms with Gasteiger partial charge in [-0.3, -0.25) is 14.5 Å². The van der Waals surface area contributed by atoms with Crippen LogP contribution in [-0.4, -0.2) is 28.1 Å². The van der Waals surface area contributed by atoms with E-state index >= 15 is 0 Å². The Bertz CT molecular complexity index is 964. The van der Waals surface area contributed by atoms with Gasteiger partial charge < -0.3 is 4.98 Å². The van der Waals surface area contributed by atoms with E-state index in [1.165, 1.54) is 17.5 Å². The third-order valence-corrected chi connectivity index (χ3v) is 5.97. The molecular weight excluding hydrogens is 332 g/mol. The number of carbonyl (C=O) groups excluding carboxylic acids is 2. The van der Waals surface area contributed by atoms with Crippen molar-refractivity contribution in [2.45, 2.75) is 18.1 Å². The van der Waals surface area contributed by atoms with Gasteiger partial charge in [0.05, 0.1) is 0 Å². The number of hydrogen-bond acceptors (Lipinski definition) is 3. The number of likely N-dealkylation sites (N-methyl/N-ethyl adjacent to an activating group) is 1. The molecule has 1 aliphatic rings. The fourth-order valence-electron chi connectivity index (χ4n) is 3.20. The van der Waals surface area contributed by atoms with E-state index < -0.39 is 5.25 Å². The zero-order valence-corrected chi connectivity index (χ0v) is 14.8. The second kappa shape index (κ2) is 6.08. The van der Waals surface area contributed by atoms with Crippen LogP contribution in [0.2, 0.25) is 0 Å². The van der Waals surface area contributed by atoms with Gasteiger partial charge in [-0.25, -0.2) is 0 Å². The van der Waals surface area contributed by atoms with Crippen molar-refractivity contribution in [1.29, 1.82) is 0 Å². The number of amides is 2. The van der Waals surface area contributed by atoms with Crippen LogP contribution in [0.25, 0.3) is 10.9 Å². The number of aromatic nitrogens is 1. The zero-order valence-electron chi connectivity index (χ0n) is 14.0. The van der Waals surface area contributed by atoms with Crippen LogP contribution in [0, 0.1) is 0 Å². The highest BCUT2D eigenvalue weighted by Crippen LogP contribution is 2.39. The van der Waals surface area contributed by atoms with E-state index in [9.17, 15) is 9.59 Å². The Hall–Kier alpha value is -2.53. The van der Waals surface area contributed by atoms with Gasteiger partial charge in [-0.2, -0.15) is 0 Å². The molecule has 2 heterocycles. The first-order valence-electron chi connectivity index (χ1n) is 8.20. The van der Waals surface area contributed by atoms with Crippen LogP contribution < -0.4 is 0 Å². The normalized spacial score (nSPS) is 19.0. The van der Waals surface area contributed by atoms with Crippen LogP contribution in [0.1, 0.15) is 34.9 Å². The number of thioether (sulfide) groups is 1. The average Bonchev–Trinajstić information content (AvgIpc) is 3.17. The van der Waals surface area contributed by atoms with Crippen molar-refractivity contribution in [3.63, 3.8) is 0 Å². The molecule has 2 atom stereocenters. The molecule has 25 heavy (non-hydrogen) atoms. The molecule has 126 valence electrons. The summed E-state index contributed by atoms with van der Waals surface area (Å²) in [7, 11) is 1.53. The van der Waals surface area contributed by atoms with Gasteiger partial charge in [0.25, 0.3) is 5.24 Å². The number of nitrogens with zero attached hydrogens (tertiary/aromatic N) is 1. The predicted octanol–water partition coefficient (Wildman–Crippen LogP) is 4.69. The molecule has 0 bridgehead atoms. The molecule has 4 rings (SSSR count). The maximum absolute atomic E-state index is 12.2. The first-order chi connectivity index (χ1) is 12.0. The number of rotatable bonds is 3. The predicted molar refractivity (Wildman–Crippen MR) is 101 cm³/mol. The number of benzene rings is 2. The van der Waals surface area contributed by atoms with E-state index in [1.54, 1.807) is 0 Å². The van der Waals surface area contributed by atoms with Gasteiger partial charge in [0, 0.05) is 24.2 Å². The van der Waals surface area contributed by atoms with Crippen molar-refractivity contribution in [3.8, 4) is 0 Å². The minimum absolute atomic E-state index is 0.150. The van der Waals surface area contributed by atoms with Gasteiger partial charge in [0.15, 0.2) is 0 Å². The number of carbonyl (C=O) groups is 2. The summed E-state index contributed by atoms with van der Waals surface area (Å²) in [5.74, 6) is 0.106. The number of nitrogens with one attached hydrogen (secondary N) is 1. The van der Waals surface area contributed by atoms with Crippen molar-refractivity contribution >= 4 is 33.8 Å². The molecule has 1 aromatic heterocycles. The lowest BCUT2D eigenvalue weighted by Crippen LogP contribution is -2.24. The molecule has 2 aromatic carbocycles. The Morgan fingerprint density at radius 3 is 2.52 bits per heavy atom. The topological polar surface area (TPSA) is 53.2 Å². The molecule has 5 heteroatoms. The van der Waals surface area contributed by atoms with Gasteiger partial charge in [0.2, 0.25) is 5.91 Å². The van der Waals surface area contributed by atoms with Crippen LogP contribution in [0.15, 0.2) is 54.6 Å². The summed E-state index contributed by atoms with van der Waals surface area (Å²) in [5, 5.41) is 0.431. The second-order valence-corrected chi connectivity index (χ2v) is 7.42. The minimum atomic E-state index is -0.438. The largest absolute Gasteiger partial charge is 0.358 e. The standard InChI is InChI=1S/C20H18N2O2S/c1-12(13-6-4-3-5-7-13)17-11-15-10-14(8-9-16(15)21-17)18-19(23)22(2)20(24)25-18/h3-12,18,21H,1-2H3. The fraction of sp³-hybridized carbons (Fsp3) is 0.200. The maximum atomic E-state index is 12.2. The monoisotopic (exact) mass is 350 g/mol. The van der Waals surface area contributed by atoms with Crippen LogP contribution in [-0.2, 0) is 4.79 Å². The van der Waals surface area contributed by atoms with E-state index in [1.807, 2.05) is 36.4 Å². The van der Waals surface area contributed by atoms with E-state index in [0.29, 0.717) is 0 Å². The molecule has 0 spiro atoms. The van der Waals surface area contributed by atoms with Crippen molar-refractivity contribution in [2.75, 3.05) is 7.05 Å². The number of imide groups is 1. The Labute approximate surface area is 150 Å². The molecule has 2 amide bonds. The summed E-state index contributed by atoms with van der Waals surface area (Å²) < 4.78 is 0. The zero-order chi connectivity index (χ0) is 17.6. The average molecular weight is 350 g/mol. The van der Waals surface area contributed by atoms with Crippen molar-refractivity contribution in [2.24, 2.45) is 0 Å². The molecule has 1 N–H and O–H groups in total. The highest BCUT2D eigenvalue weighted by Gasteiger charge is 2.38. The number of aromatic amines is 1. The summed E-state index contributed by atoms with van der Waals surface area (Å²) in [6.07, 6.45) is 0. The molecule has 1 fully saturated rings. The molecule has 0 radical (unpaired) electrons. The van der Waals surface area contributed by atoms with Crippen molar-refractivity contribution in [3.05, 3.63) is 71.4 Å². The maximum Gasteiger partial charge on any atom is 0.289 e. The number of H-pyrrole nitrogens is 1. The lowest BCUT2D eigenvalue weighted by Gasteiger charge is -2.09. The summed E-state index contributed by atoms with van der Waals surface area (Å²) in [5.41, 5.74) is 4.30. The third kappa shape index (κ3) is 2.74. The molecule has 1 aliphatic heterocycles. The molecule has 4 nitrogen and oxygen atoms in total. The summed E-state index contributed by atoms with van der Waals surface area (Å²) in [6, 6.07) is 18.4. The molecule has 2 unspecified atom stereocenters. The second-order valence-electron chi connectivity index (χ2n) is 6.36. The first-order valence-corrected chi connectivity index (χ1v) is 9.08. The minimum Gasteiger partial charge on any atom is -0.358 e. The molecule has 0 saturated carbocycles. The van der Waals surface area contributed by atoms with E-state index in [4.69, 9.17) is 0 Å². The van der Waals surface area contributed by atoms with E-state index in [0.717, 1.165) is 33.9 Å². The SMILES string of the molecule is CC(c1ccccc1)c1cc2cc(C3SC(=O)N(C)C3=O)ccc2[nH]1. The van der Waals surface area contributed by atoms with Gasteiger partial charge >= 0.3 is 0 Å². The van der Waals surface area contributed by atoms with Crippen molar-refractivity contribution in [1.82, 2.24) is 9.88 Å². The smallest absolute Gasteiger partial charge is 0.289 e. The Morgan fingerprint density at radius 1 is 1.08 bits per heavy atom. The summed E-state index contributed by atoms with van der Waals surface area (Å²) in [4.78, 5) is 28.6. The van der Waals surface area contributed by atoms with Crippen LogP contribution >= 0.6 is 11.8 Å². The fourth-order valence-corrected chi connectivity index (χ4v) is 4.19. The molecule has 3 aromatic rings. The summed E-state index contributed by atoms with van der Waals surface area (Å²) >= 11 is 1.08.